The van der Waals surface area contributed by atoms with Crippen molar-refractivity contribution in [1.29, 1.82) is 0 Å². The monoisotopic (exact) mass is 474 g/mol. The molecule has 34 heavy (non-hydrogen) atoms. The Kier molecular flexibility index (Phi) is 9.65. The van der Waals surface area contributed by atoms with Crippen LogP contribution in [0, 0.1) is 11.8 Å². The molecule has 0 bridgehead atoms. The van der Waals surface area contributed by atoms with E-state index in [4.69, 9.17) is 4.74 Å². The highest BCUT2D eigenvalue weighted by molar-refractivity contribution is 5.92. The molecule has 3 atom stereocenters. The Hall–Kier alpha value is -2.90. The summed E-state index contributed by atoms with van der Waals surface area (Å²) in [7, 11) is 0. The molecule has 0 spiro atoms. The molecular formula is C26H38N2O6. The fourth-order valence-corrected chi connectivity index (χ4v) is 4.21. The molecule has 0 aromatic heterocycles. The van der Waals surface area contributed by atoms with Gasteiger partial charge in [-0.1, -0.05) is 44.2 Å². The first-order chi connectivity index (χ1) is 15.9. The van der Waals surface area contributed by atoms with Gasteiger partial charge in [-0.2, -0.15) is 0 Å². The Balaban J connectivity index is 2.22. The Morgan fingerprint density at radius 3 is 2.35 bits per heavy atom. The van der Waals surface area contributed by atoms with Crippen LogP contribution in [0.15, 0.2) is 30.3 Å². The third-order valence-corrected chi connectivity index (χ3v) is 5.67. The number of hydrogen-bond acceptors (Lipinski definition) is 5. The summed E-state index contributed by atoms with van der Waals surface area (Å²) in [6.07, 6.45) is 1.58. The van der Waals surface area contributed by atoms with E-state index in [0.717, 1.165) is 5.56 Å². The minimum Gasteiger partial charge on any atom is -0.480 e. The molecule has 1 heterocycles. The van der Waals surface area contributed by atoms with Gasteiger partial charge in [0, 0.05) is 6.54 Å². The Morgan fingerprint density at radius 1 is 1.15 bits per heavy atom. The molecule has 0 radical (unpaired) electrons. The number of ether oxygens (including phenoxy) is 1. The molecule has 1 aromatic rings. The molecule has 2 N–H and O–H groups in total. The van der Waals surface area contributed by atoms with Gasteiger partial charge < -0.3 is 20.1 Å². The number of aliphatic carboxylic acids is 1. The zero-order valence-corrected chi connectivity index (χ0v) is 20.9. The maximum absolute atomic E-state index is 13.4. The number of benzene rings is 1. The van der Waals surface area contributed by atoms with E-state index >= 15 is 0 Å². The third kappa shape index (κ3) is 8.47. The van der Waals surface area contributed by atoms with Crippen molar-refractivity contribution in [2.45, 2.75) is 84.4 Å². The van der Waals surface area contributed by atoms with Gasteiger partial charge in [-0.25, -0.2) is 4.79 Å². The molecule has 1 fully saturated rings. The number of likely N-dealkylation sites (tertiary alicyclic amines) is 1. The summed E-state index contributed by atoms with van der Waals surface area (Å²) in [6, 6.07) is 7.63. The number of nitrogens with zero attached hydrogens (tertiary/aromatic N) is 1. The fourth-order valence-electron chi connectivity index (χ4n) is 4.21. The van der Waals surface area contributed by atoms with Crippen LogP contribution in [0.4, 0.5) is 0 Å². The summed E-state index contributed by atoms with van der Waals surface area (Å²) in [4.78, 5) is 52.1. The topological polar surface area (TPSA) is 113 Å². The molecule has 2 amide bonds. The zero-order valence-electron chi connectivity index (χ0n) is 20.9. The normalized spacial score (nSPS) is 17.8. The van der Waals surface area contributed by atoms with Gasteiger partial charge in [-0.15, -0.1) is 0 Å². The summed E-state index contributed by atoms with van der Waals surface area (Å²) in [6.45, 7) is 9.53. The van der Waals surface area contributed by atoms with Crippen molar-refractivity contribution in [3.05, 3.63) is 35.9 Å². The number of carboxylic acid groups (broad SMARTS) is 1. The predicted molar refractivity (Wildman–Crippen MR) is 128 cm³/mol. The Bertz CT molecular complexity index is 862. The highest BCUT2D eigenvalue weighted by Crippen LogP contribution is 2.22. The maximum atomic E-state index is 13.4. The summed E-state index contributed by atoms with van der Waals surface area (Å²) in [5.74, 6) is -2.96. The van der Waals surface area contributed by atoms with Gasteiger partial charge in [0.05, 0.1) is 12.3 Å². The predicted octanol–water partition coefficient (Wildman–Crippen LogP) is 3.18. The first-order valence-corrected chi connectivity index (χ1v) is 12.0. The molecule has 2 rings (SSSR count). The van der Waals surface area contributed by atoms with E-state index < -0.39 is 41.4 Å². The molecule has 1 aromatic carbocycles. The third-order valence-electron chi connectivity index (χ3n) is 5.67. The van der Waals surface area contributed by atoms with E-state index in [2.05, 4.69) is 5.32 Å². The second-order valence-corrected chi connectivity index (χ2v) is 10.4. The molecule has 1 saturated heterocycles. The molecule has 0 saturated carbocycles. The SMILES string of the molecule is CC(C)C[C@H](NC(=O)[C@@H](CC(=O)OC(C)(C)C)Cc1ccccc1)C(=O)N1CCC[C@H]1C(=O)O. The fraction of sp³-hybridized carbons (Fsp3) is 0.615. The largest absolute Gasteiger partial charge is 0.480 e. The van der Waals surface area contributed by atoms with E-state index in [1.807, 2.05) is 44.2 Å². The van der Waals surface area contributed by atoms with Gasteiger partial charge in [0.15, 0.2) is 0 Å². The first-order valence-electron chi connectivity index (χ1n) is 12.0. The van der Waals surface area contributed by atoms with Gasteiger partial charge in [-0.05, 0) is 57.9 Å². The van der Waals surface area contributed by atoms with E-state index in [0.29, 0.717) is 32.2 Å². The van der Waals surface area contributed by atoms with Crippen molar-refractivity contribution < 1.29 is 29.0 Å². The quantitative estimate of drug-likeness (QED) is 0.504. The average molecular weight is 475 g/mol. The van der Waals surface area contributed by atoms with Crippen LogP contribution < -0.4 is 5.32 Å². The lowest BCUT2D eigenvalue weighted by Gasteiger charge is -2.29. The number of esters is 1. The molecule has 1 aliphatic heterocycles. The number of amides is 2. The average Bonchev–Trinajstić information content (AvgIpc) is 3.21. The van der Waals surface area contributed by atoms with Gasteiger partial charge in [-0.3, -0.25) is 14.4 Å². The van der Waals surface area contributed by atoms with Crippen LogP contribution in [-0.2, 0) is 30.3 Å². The van der Waals surface area contributed by atoms with E-state index in [9.17, 15) is 24.3 Å². The minimum atomic E-state index is -1.03. The van der Waals surface area contributed by atoms with Gasteiger partial charge in [0.2, 0.25) is 11.8 Å². The van der Waals surface area contributed by atoms with Crippen LogP contribution in [0.25, 0.3) is 0 Å². The van der Waals surface area contributed by atoms with Crippen LogP contribution >= 0.6 is 0 Å². The van der Waals surface area contributed by atoms with Crippen molar-refractivity contribution in [3.8, 4) is 0 Å². The van der Waals surface area contributed by atoms with Crippen LogP contribution in [0.5, 0.6) is 0 Å². The van der Waals surface area contributed by atoms with Gasteiger partial charge in [0.25, 0.3) is 0 Å². The minimum absolute atomic E-state index is 0.0959. The number of hydrogen-bond donors (Lipinski definition) is 2. The van der Waals surface area contributed by atoms with Gasteiger partial charge >= 0.3 is 11.9 Å². The first kappa shape index (κ1) is 27.3. The van der Waals surface area contributed by atoms with Crippen molar-refractivity contribution in [2.24, 2.45) is 11.8 Å². The second kappa shape index (κ2) is 12.0. The summed E-state index contributed by atoms with van der Waals surface area (Å²) < 4.78 is 5.44. The molecule has 8 nitrogen and oxygen atoms in total. The lowest BCUT2D eigenvalue weighted by Crippen LogP contribution is -2.53. The van der Waals surface area contributed by atoms with E-state index in [1.165, 1.54) is 4.90 Å². The zero-order chi connectivity index (χ0) is 25.5. The maximum Gasteiger partial charge on any atom is 0.326 e. The van der Waals surface area contributed by atoms with E-state index in [-0.39, 0.29) is 18.2 Å². The van der Waals surface area contributed by atoms with Crippen molar-refractivity contribution >= 4 is 23.8 Å². The standard InChI is InChI=1S/C26H38N2O6/c1-17(2)14-20(24(31)28-13-9-12-21(28)25(32)33)27-23(30)19(15-18-10-7-6-8-11-18)16-22(29)34-26(3,4)5/h6-8,10-11,17,19-21H,9,12-16H2,1-5H3,(H,27,30)(H,32,33)/t19-,20+,21+/m1/s1. The number of carbonyl (C=O) groups is 4. The van der Waals surface area contributed by atoms with Crippen molar-refractivity contribution in [3.63, 3.8) is 0 Å². The van der Waals surface area contributed by atoms with Crippen LogP contribution in [0.3, 0.4) is 0 Å². The van der Waals surface area contributed by atoms with Crippen LogP contribution in [-0.4, -0.2) is 58.0 Å². The Morgan fingerprint density at radius 2 is 1.79 bits per heavy atom. The number of carbonyl (C=O) groups excluding carboxylic acids is 3. The lowest BCUT2D eigenvalue weighted by molar-refractivity contribution is -0.157. The molecule has 8 heteroatoms. The summed E-state index contributed by atoms with van der Waals surface area (Å²) >= 11 is 0. The summed E-state index contributed by atoms with van der Waals surface area (Å²) in [5.41, 5.74) is 0.214. The lowest BCUT2D eigenvalue weighted by atomic mass is 9.94. The smallest absolute Gasteiger partial charge is 0.326 e. The second-order valence-electron chi connectivity index (χ2n) is 10.4. The van der Waals surface area contributed by atoms with Gasteiger partial charge in [0.1, 0.15) is 17.7 Å². The number of carboxylic acids is 1. The number of rotatable bonds is 10. The number of nitrogens with one attached hydrogen (secondary N) is 1. The van der Waals surface area contributed by atoms with Crippen molar-refractivity contribution in [1.82, 2.24) is 10.2 Å². The summed E-state index contributed by atoms with van der Waals surface area (Å²) in [5, 5.41) is 12.3. The molecular weight excluding hydrogens is 436 g/mol. The van der Waals surface area contributed by atoms with E-state index in [1.54, 1.807) is 20.8 Å². The molecule has 188 valence electrons. The van der Waals surface area contributed by atoms with Crippen molar-refractivity contribution in [2.75, 3.05) is 6.54 Å². The highest BCUT2D eigenvalue weighted by atomic mass is 16.6. The molecule has 0 unspecified atom stereocenters. The molecule has 0 aliphatic carbocycles. The highest BCUT2D eigenvalue weighted by Gasteiger charge is 2.38. The molecule has 1 aliphatic rings. The van der Waals surface area contributed by atoms with Crippen LogP contribution in [0.1, 0.15) is 65.9 Å². The van der Waals surface area contributed by atoms with Crippen LogP contribution in [0.2, 0.25) is 0 Å². The Labute approximate surface area is 202 Å².